The van der Waals surface area contributed by atoms with E-state index in [0.29, 0.717) is 24.3 Å². The molecule has 0 radical (unpaired) electrons. The third-order valence-electron chi connectivity index (χ3n) is 3.64. The van der Waals surface area contributed by atoms with Crippen LogP contribution in [0.25, 0.3) is 0 Å². The van der Waals surface area contributed by atoms with Crippen LogP contribution in [0.2, 0.25) is 0 Å². The molecule has 0 aliphatic heterocycles. The van der Waals surface area contributed by atoms with Crippen molar-refractivity contribution in [3.63, 3.8) is 0 Å². The van der Waals surface area contributed by atoms with Crippen LogP contribution >= 0.6 is 0 Å². The van der Waals surface area contributed by atoms with Crippen LogP contribution in [0.4, 0.5) is 10.5 Å². The molecule has 1 aromatic carbocycles. The number of benzene rings is 1. The van der Waals surface area contributed by atoms with E-state index in [-0.39, 0.29) is 18.1 Å². The molecule has 3 N–H and O–H groups in total. The van der Waals surface area contributed by atoms with Crippen LogP contribution in [0.15, 0.2) is 48.7 Å². The second-order valence-electron chi connectivity index (χ2n) is 6.49. The predicted octanol–water partition coefficient (Wildman–Crippen LogP) is 3.01. The number of nitrogens with one attached hydrogen (secondary N) is 2. The third-order valence-corrected chi connectivity index (χ3v) is 3.64. The van der Waals surface area contributed by atoms with Gasteiger partial charge in [-0.05, 0) is 48.1 Å². The largest absolute Gasteiger partial charge is 0.396 e. The molecule has 130 valence electrons. The van der Waals surface area contributed by atoms with Crippen LogP contribution in [0.5, 0.6) is 0 Å². The summed E-state index contributed by atoms with van der Waals surface area (Å²) in [7, 11) is 0. The summed E-state index contributed by atoms with van der Waals surface area (Å²) >= 11 is 0. The lowest BCUT2D eigenvalue weighted by molar-refractivity contribution is 0.204. The zero-order chi connectivity index (χ0) is 18.1. The Morgan fingerprint density at radius 2 is 2.04 bits per heavy atom. The Bertz CT molecular complexity index is 761. The highest BCUT2D eigenvalue weighted by Gasteiger charge is 2.18. The van der Waals surface area contributed by atoms with Crippen molar-refractivity contribution in [2.75, 3.05) is 18.5 Å². The monoisotopic (exact) mass is 337 g/mol. The summed E-state index contributed by atoms with van der Waals surface area (Å²) in [6.07, 6.45) is 2.33. The number of rotatable bonds is 5. The van der Waals surface area contributed by atoms with Gasteiger partial charge in [-0.25, -0.2) is 9.78 Å². The molecule has 5 nitrogen and oxygen atoms in total. The smallest absolute Gasteiger partial charge is 0.319 e. The van der Waals surface area contributed by atoms with Crippen molar-refractivity contribution in [1.82, 2.24) is 10.3 Å². The maximum atomic E-state index is 12.0. The van der Waals surface area contributed by atoms with Crippen LogP contribution in [-0.2, 0) is 0 Å². The second kappa shape index (κ2) is 8.86. The first-order valence-electron chi connectivity index (χ1n) is 8.17. The Morgan fingerprint density at radius 1 is 1.20 bits per heavy atom. The maximum Gasteiger partial charge on any atom is 0.319 e. The summed E-state index contributed by atoms with van der Waals surface area (Å²) in [4.78, 5) is 16.2. The molecule has 5 heteroatoms. The van der Waals surface area contributed by atoms with E-state index in [9.17, 15) is 4.79 Å². The molecule has 0 aliphatic rings. The summed E-state index contributed by atoms with van der Waals surface area (Å²) in [5, 5.41) is 14.6. The lowest BCUT2D eigenvalue weighted by Gasteiger charge is -2.23. The fourth-order valence-electron chi connectivity index (χ4n) is 2.13. The van der Waals surface area contributed by atoms with Crippen molar-refractivity contribution >= 4 is 11.7 Å². The number of urea groups is 1. The van der Waals surface area contributed by atoms with Crippen LogP contribution in [-0.4, -0.2) is 29.3 Å². The molecule has 2 aromatic rings. The molecular weight excluding hydrogens is 314 g/mol. The van der Waals surface area contributed by atoms with Crippen LogP contribution in [0.3, 0.4) is 0 Å². The summed E-state index contributed by atoms with van der Waals surface area (Å²) in [6, 6.07) is 12.6. The average Bonchev–Trinajstić information content (AvgIpc) is 2.60. The Morgan fingerprint density at radius 3 is 2.76 bits per heavy atom. The first-order chi connectivity index (χ1) is 12.0. The highest BCUT2D eigenvalue weighted by Crippen LogP contribution is 2.18. The predicted molar refractivity (Wildman–Crippen MR) is 99.2 cm³/mol. The normalized spacial score (nSPS) is 10.5. The fraction of sp³-hybridized carbons (Fsp3) is 0.300. The summed E-state index contributed by atoms with van der Waals surface area (Å²) < 4.78 is 0. The Hall–Kier alpha value is -2.84. The van der Waals surface area contributed by atoms with E-state index in [1.807, 2.05) is 56.3 Å². The molecule has 1 aromatic heterocycles. The number of carbonyl (C=O) groups is 1. The van der Waals surface area contributed by atoms with Crippen LogP contribution in [0, 0.1) is 17.3 Å². The van der Waals surface area contributed by atoms with Crippen molar-refractivity contribution in [1.29, 1.82) is 0 Å². The molecule has 0 unspecified atom stereocenters. The van der Waals surface area contributed by atoms with Gasteiger partial charge in [0.25, 0.3) is 0 Å². The number of aliphatic hydroxyl groups is 1. The van der Waals surface area contributed by atoms with Gasteiger partial charge < -0.3 is 15.7 Å². The number of carbonyl (C=O) groups excluding carboxylic acids is 1. The van der Waals surface area contributed by atoms with E-state index in [1.165, 1.54) is 0 Å². The Balaban J connectivity index is 1.95. The van der Waals surface area contributed by atoms with Gasteiger partial charge in [-0.1, -0.05) is 31.9 Å². The lowest BCUT2D eigenvalue weighted by atomic mass is 9.90. The number of anilines is 1. The zero-order valence-corrected chi connectivity index (χ0v) is 14.5. The molecule has 0 bridgehead atoms. The van der Waals surface area contributed by atoms with Gasteiger partial charge >= 0.3 is 6.03 Å². The Kier molecular flexibility index (Phi) is 6.55. The van der Waals surface area contributed by atoms with Gasteiger partial charge in [0.05, 0.1) is 0 Å². The van der Waals surface area contributed by atoms with E-state index in [0.717, 1.165) is 5.56 Å². The minimum atomic E-state index is -0.277. The molecule has 2 rings (SSSR count). The fourth-order valence-corrected chi connectivity index (χ4v) is 2.13. The molecule has 0 atom stereocenters. The SMILES string of the molecule is CC(C)(CCO)CNC(=O)Nc1cccc(C#Cc2ccccn2)c1. The number of aromatic nitrogens is 1. The average molecular weight is 337 g/mol. The van der Waals surface area contributed by atoms with E-state index < -0.39 is 0 Å². The highest BCUT2D eigenvalue weighted by molar-refractivity contribution is 5.89. The topological polar surface area (TPSA) is 74.2 Å². The third kappa shape index (κ3) is 6.66. The number of pyridine rings is 1. The van der Waals surface area contributed by atoms with Crippen LogP contribution < -0.4 is 10.6 Å². The highest BCUT2D eigenvalue weighted by atomic mass is 16.3. The lowest BCUT2D eigenvalue weighted by Crippen LogP contribution is -2.37. The second-order valence-corrected chi connectivity index (χ2v) is 6.49. The van der Waals surface area contributed by atoms with Crippen molar-refractivity contribution in [3.8, 4) is 11.8 Å². The van der Waals surface area contributed by atoms with E-state index >= 15 is 0 Å². The zero-order valence-electron chi connectivity index (χ0n) is 14.5. The first kappa shape index (κ1) is 18.5. The van der Waals surface area contributed by atoms with Gasteiger partial charge in [0.1, 0.15) is 5.69 Å². The first-order valence-corrected chi connectivity index (χ1v) is 8.17. The Labute approximate surface area is 148 Å². The van der Waals surface area contributed by atoms with Gasteiger partial charge in [0, 0.05) is 30.6 Å². The van der Waals surface area contributed by atoms with Crippen molar-refractivity contribution in [2.45, 2.75) is 20.3 Å². The molecule has 0 saturated carbocycles. The van der Waals surface area contributed by atoms with Crippen molar-refractivity contribution in [3.05, 3.63) is 59.9 Å². The number of aliphatic hydroxyl groups excluding tert-OH is 1. The van der Waals surface area contributed by atoms with Crippen molar-refractivity contribution in [2.24, 2.45) is 5.41 Å². The molecule has 0 saturated heterocycles. The quantitative estimate of drug-likeness (QED) is 0.734. The number of amides is 2. The van der Waals surface area contributed by atoms with Gasteiger partial charge in [-0.2, -0.15) is 0 Å². The van der Waals surface area contributed by atoms with Crippen molar-refractivity contribution < 1.29 is 9.90 Å². The molecular formula is C20H23N3O2. The molecule has 0 aliphatic carbocycles. The van der Waals surface area contributed by atoms with Gasteiger partial charge in [-0.3, -0.25) is 0 Å². The molecule has 1 heterocycles. The van der Waals surface area contributed by atoms with Gasteiger partial charge in [0.15, 0.2) is 0 Å². The summed E-state index contributed by atoms with van der Waals surface area (Å²) in [5.74, 6) is 6.02. The minimum absolute atomic E-state index is 0.104. The standard InChI is InChI=1S/C20H23N3O2/c1-20(2,11-13-24)15-22-19(25)23-18-8-5-6-16(14-18)9-10-17-7-3-4-12-21-17/h3-8,12,14,24H,11,13,15H2,1-2H3,(H2,22,23,25). The summed E-state index contributed by atoms with van der Waals surface area (Å²) in [6.45, 7) is 4.58. The molecule has 2 amide bonds. The summed E-state index contributed by atoms with van der Waals surface area (Å²) in [5.41, 5.74) is 2.02. The number of hydrogen-bond acceptors (Lipinski definition) is 3. The number of nitrogens with zero attached hydrogens (tertiary/aromatic N) is 1. The van der Waals surface area contributed by atoms with Gasteiger partial charge in [-0.15, -0.1) is 0 Å². The molecule has 25 heavy (non-hydrogen) atoms. The van der Waals surface area contributed by atoms with Crippen LogP contribution in [0.1, 0.15) is 31.5 Å². The van der Waals surface area contributed by atoms with E-state index in [1.54, 1.807) is 6.20 Å². The minimum Gasteiger partial charge on any atom is -0.396 e. The van der Waals surface area contributed by atoms with E-state index in [2.05, 4.69) is 27.5 Å². The number of hydrogen-bond donors (Lipinski definition) is 3. The van der Waals surface area contributed by atoms with E-state index in [4.69, 9.17) is 5.11 Å². The maximum absolute atomic E-state index is 12.0. The molecule has 0 spiro atoms. The molecule has 0 fully saturated rings. The van der Waals surface area contributed by atoms with Gasteiger partial charge in [0.2, 0.25) is 0 Å².